The Bertz CT molecular complexity index is 1230. The molecule has 1 aromatic carbocycles. The molecule has 0 aliphatic heterocycles. The van der Waals surface area contributed by atoms with Gasteiger partial charge in [0.2, 0.25) is 0 Å². The van der Waals surface area contributed by atoms with Gasteiger partial charge in [0.05, 0.1) is 22.6 Å². The average Bonchev–Trinajstić information content (AvgIpc) is 3.39. The summed E-state index contributed by atoms with van der Waals surface area (Å²) in [6, 6.07) is 14.4. The zero-order valence-corrected chi connectivity index (χ0v) is 14.4. The number of benzene rings is 1. The molecule has 0 bridgehead atoms. The van der Waals surface area contributed by atoms with Gasteiger partial charge in [-0.3, -0.25) is 5.10 Å². The molecule has 0 spiro atoms. The molecule has 27 heavy (non-hydrogen) atoms. The van der Waals surface area contributed by atoms with Crippen molar-refractivity contribution < 1.29 is 4.39 Å². The fourth-order valence-electron chi connectivity index (χ4n) is 3.40. The monoisotopic (exact) mass is 358 g/mol. The van der Waals surface area contributed by atoms with Gasteiger partial charge in [-0.2, -0.15) is 10.2 Å². The fourth-order valence-corrected chi connectivity index (χ4v) is 3.40. The van der Waals surface area contributed by atoms with E-state index in [0.29, 0.717) is 5.82 Å². The molecule has 0 unspecified atom stereocenters. The number of aromatic nitrogens is 6. The van der Waals surface area contributed by atoms with Crippen LogP contribution >= 0.6 is 0 Å². The van der Waals surface area contributed by atoms with Crippen molar-refractivity contribution in [2.24, 2.45) is 0 Å². The Hall–Kier alpha value is -3.74. The summed E-state index contributed by atoms with van der Waals surface area (Å²) in [4.78, 5) is 7.77. The van der Waals surface area contributed by atoms with Crippen LogP contribution in [0.5, 0.6) is 0 Å². The average molecular weight is 358 g/mol. The lowest BCUT2D eigenvalue weighted by Crippen LogP contribution is -1.85. The molecule has 0 radical (unpaired) electrons. The van der Waals surface area contributed by atoms with Crippen molar-refractivity contribution in [3.8, 4) is 33.9 Å². The van der Waals surface area contributed by atoms with E-state index in [9.17, 15) is 4.39 Å². The maximum atomic E-state index is 13.4. The first-order valence-corrected chi connectivity index (χ1v) is 8.50. The van der Waals surface area contributed by atoms with E-state index in [4.69, 9.17) is 0 Å². The Kier molecular flexibility index (Phi) is 3.39. The lowest BCUT2D eigenvalue weighted by molar-refractivity contribution is 0.628. The van der Waals surface area contributed by atoms with Gasteiger partial charge >= 0.3 is 0 Å². The molecule has 0 aliphatic carbocycles. The molecule has 4 heterocycles. The summed E-state index contributed by atoms with van der Waals surface area (Å²) in [6.45, 7) is 1.98. The van der Waals surface area contributed by atoms with Crippen molar-refractivity contribution in [1.82, 2.24) is 29.8 Å². The predicted molar refractivity (Wildman–Crippen MR) is 100 cm³/mol. The van der Waals surface area contributed by atoms with Crippen molar-refractivity contribution in [2.75, 3.05) is 0 Å². The minimum atomic E-state index is -0.273. The fraction of sp³-hybridized carbons (Fsp3) is 0.0500. The van der Waals surface area contributed by atoms with Gasteiger partial charge < -0.3 is 4.98 Å². The first-order valence-electron chi connectivity index (χ1n) is 8.50. The van der Waals surface area contributed by atoms with E-state index < -0.39 is 0 Å². The van der Waals surface area contributed by atoms with Gasteiger partial charge in [-0.25, -0.2) is 13.9 Å². The van der Waals surface area contributed by atoms with Gasteiger partial charge in [-0.15, -0.1) is 0 Å². The lowest BCUT2D eigenvalue weighted by Gasteiger charge is -2.02. The molecule has 7 heteroatoms. The summed E-state index contributed by atoms with van der Waals surface area (Å²) in [5.74, 6) is 0.371. The lowest BCUT2D eigenvalue weighted by atomic mass is 10.1. The Morgan fingerprint density at radius 2 is 1.93 bits per heavy atom. The topological polar surface area (TPSA) is 74.7 Å². The summed E-state index contributed by atoms with van der Waals surface area (Å²) in [5.41, 5.74) is 6.43. The molecule has 0 atom stereocenters. The number of nitrogens with one attached hydrogen (secondary N) is 2. The van der Waals surface area contributed by atoms with Crippen LogP contribution in [0.2, 0.25) is 0 Å². The van der Waals surface area contributed by atoms with Crippen LogP contribution in [-0.2, 0) is 0 Å². The molecule has 0 amide bonds. The highest BCUT2D eigenvalue weighted by molar-refractivity contribution is 5.88. The molecular formula is C20H15FN6. The molecule has 0 fully saturated rings. The molecule has 5 rings (SSSR count). The highest BCUT2D eigenvalue weighted by atomic mass is 19.1. The van der Waals surface area contributed by atoms with Crippen LogP contribution in [0.3, 0.4) is 0 Å². The van der Waals surface area contributed by atoms with E-state index in [1.165, 1.54) is 18.5 Å². The maximum absolute atomic E-state index is 13.4. The maximum Gasteiger partial charge on any atom is 0.157 e. The van der Waals surface area contributed by atoms with Crippen LogP contribution in [0.15, 0.2) is 61.1 Å². The van der Waals surface area contributed by atoms with E-state index in [-0.39, 0.29) is 5.82 Å². The summed E-state index contributed by atoms with van der Waals surface area (Å²) >= 11 is 0. The summed E-state index contributed by atoms with van der Waals surface area (Å²) in [7, 11) is 0. The number of aryl methyl sites for hydroxylation is 1. The van der Waals surface area contributed by atoms with E-state index >= 15 is 0 Å². The highest BCUT2D eigenvalue weighted by Crippen LogP contribution is 2.36. The molecule has 6 nitrogen and oxygen atoms in total. The number of H-pyrrole nitrogens is 2. The van der Waals surface area contributed by atoms with Crippen molar-refractivity contribution >= 4 is 5.52 Å². The summed E-state index contributed by atoms with van der Waals surface area (Å²) in [6.07, 6.45) is 3.39. The minimum absolute atomic E-state index is 0.273. The van der Waals surface area contributed by atoms with Crippen LogP contribution in [0.4, 0.5) is 4.39 Å². The van der Waals surface area contributed by atoms with Crippen molar-refractivity contribution in [1.29, 1.82) is 0 Å². The largest absolute Gasteiger partial charge is 0.354 e. The third-order valence-corrected chi connectivity index (χ3v) is 4.61. The number of rotatable bonds is 3. The van der Waals surface area contributed by atoms with E-state index in [1.807, 2.05) is 41.9 Å². The van der Waals surface area contributed by atoms with Crippen molar-refractivity contribution in [3.63, 3.8) is 0 Å². The van der Waals surface area contributed by atoms with E-state index in [0.717, 1.165) is 39.3 Å². The molecule has 2 N–H and O–H groups in total. The number of pyridine rings is 1. The second kappa shape index (κ2) is 5.91. The number of nitrogens with zero attached hydrogens (tertiary/aromatic N) is 4. The number of fused-ring (bicyclic) bond motifs is 1. The Balaban J connectivity index is 1.76. The van der Waals surface area contributed by atoms with Crippen molar-refractivity contribution in [3.05, 3.63) is 72.6 Å². The van der Waals surface area contributed by atoms with E-state index in [1.54, 1.807) is 12.1 Å². The normalized spacial score (nSPS) is 11.3. The number of hydrogen-bond donors (Lipinski definition) is 2. The molecule has 0 aliphatic rings. The third-order valence-electron chi connectivity index (χ3n) is 4.61. The Morgan fingerprint density at radius 3 is 2.70 bits per heavy atom. The molecular weight excluding hydrogens is 343 g/mol. The van der Waals surface area contributed by atoms with Gasteiger partial charge in [0.15, 0.2) is 5.82 Å². The number of hydrogen-bond acceptors (Lipinski definition) is 3. The van der Waals surface area contributed by atoms with Crippen LogP contribution in [0.1, 0.15) is 5.69 Å². The molecule has 0 saturated carbocycles. The standard InChI is InChI=1S/C20H15FN6/c1-12-18(17-4-2-3-9-27(17)26-12)16-10-15(20-22-11-23-25-20)19(24-16)13-5-7-14(21)8-6-13/h2-11,24H,1H3,(H,22,23,25). The van der Waals surface area contributed by atoms with Crippen LogP contribution in [0, 0.1) is 12.7 Å². The van der Waals surface area contributed by atoms with Crippen LogP contribution < -0.4 is 0 Å². The molecule has 132 valence electrons. The first kappa shape index (κ1) is 15.5. The first-order chi connectivity index (χ1) is 13.2. The SMILES string of the molecule is Cc1nn2ccccc2c1-c1cc(-c2ncn[nH]2)c(-c2ccc(F)cc2)[nH]1. The number of aromatic amines is 2. The molecule has 0 saturated heterocycles. The van der Waals surface area contributed by atoms with Gasteiger partial charge in [-0.1, -0.05) is 6.07 Å². The van der Waals surface area contributed by atoms with Gasteiger partial charge in [0.1, 0.15) is 12.1 Å². The second-order valence-electron chi connectivity index (χ2n) is 6.30. The number of halogens is 1. The Morgan fingerprint density at radius 1 is 1.07 bits per heavy atom. The zero-order chi connectivity index (χ0) is 18.4. The third kappa shape index (κ3) is 2.52. The van der Waals surface area contributed by atoms with Gasteiger partial charge in [0, 0.05) is 17.3 Å². The van der Waals surface area contributed by atoms with Gasteiger partial charge in [0.25, 0.3) is 0 Å². The predicted octanol–water partition coefficient (Wildman–Crippen LogP) is 4.23. The summed E-state index contributed by atoms with van der Waals surface area (Å²) in [5, 5.41) is 11.5. The van der Waals surface area contributed by atoms with Crippen LogP contribution in [0.25, 0.3) is 39.4 Å². The molecule has 5 aromatic rings. The van der Waals surface area contributed by atoms with Gasteiger partial charge in [-0.05, 0) is 55.0 Å². The zero-order valence-electron chi connectivity index (χ0n) is 14.4. The van der Waals surface area contributed by atoms with E-state index in [2.05, 4.69) is 25.3 Å². The smallest absolute Gasteiger partial charge is 0.157 e. The highest BCUT2D eigenvalue weighted by Gasteiger charge is 2.19. The summed E-state index contributed by atoms with van der Waals surface area (Å²) < 4.78 is 15.2. The Labute approximate surface area is 153 Å². The van der Waals surface area contributed by atoms with Crippen LogP contribution in [-0.4, -0.2) is 29.8 Å². The minimum Gasteiger partial charge on any atom is -0.354 e. The molecule has 4 aromatic heterocycles. The second-order valence-corrected chi connectivity index (χ2v) is 6.30. The quantitative estimate of drug-likeness (QED) is 0.507. The van der Waals surface area contributed by atoms with Crippen molar-refractivity contribution in [2.45, 2.75) is 6.92 Å².